The Morgan fingerprint density at radius 3 is 3.00 bits per heavy atom. The molecular formula is C13H16N2O2. The molecule has 17 heavy (non-hydrogen) atoms. The molecule has 1 saturated heterocycles. The second-order valence-corrected chi connectivity index (χ2v) is 5.19. The summed E-state index contributed by atoms with van der Waals surface area (Å²) in [5.41, 5.74) is 2.34. The maximum Gasteiger partial charge on any atom is 0.320 e. The van der Waals surface area contributed by atoms with Crippen LogP contribution in [0.15, 0.2) is 24.3 Å². The summed E-state index contributed by atoms with van der Waals surface area (Å²) in [6, 6.07) is 7.76. The summed E-state index contributed by atoms with van der Waals surface area (Å²) >= 11 is 0. The molecule has 3 N–H and O–H groups in total. The highest BCUT2D eigenvalue weighted by Crippen LogP contribution is 2.46. The molecule has 0 bridgehead atoms. The number of nitrogens with one attached hydrogen (secondary N) is 2. The van der Waals surface area contributed by atoms with Crippen molar-refractivity contribution < 1.29 is 9.90 Å². The van der Waals surface area contributed by atoms with Crippen LogP contribution in [0.2, 0.25) is 0 Å². The summed E-state index contributed by atoms with van der Waals surface area (Å²) in [5.74, 6) is -0.475. The molecule has 0 aliphatic carbocycles. The normalized spacial score (nSPS) is 34.6. The molecule has 0 amide bonds. The monoisotopic (exact) mass is 232 g/mol. The Hall–Kier alpha value is -1.55. The average molecular weight is 232 g/mol. The molecule has 2 aliphatic heterocycles. The van der Waals surface area contributed by atoms with Gasteiger partial charge in [0.25, 0.3) is 0 Å². The minimum Gasteiger partial charge on any atom is -0.480 e. The van der Waals surface area contributed by atoms with Crippen LogP contribution in [0, 0.1) is 0 Å². The van der Waals surface area contributed by atoms with Crippen molar-refractivity contribution in [3.05, 3.63) is 29.8 Å². The summed E-state index contributed by atoms with van der Waals surface area (Å²) in [6.07, 6.45) is 0.649. The number of aliphatic carboxylic acids is 1. The van der Waals surface area contributed by atoms with Gasteiger partial charge in [0.15, 0.2) is 0 Å². The van der Waals surface area contributed by atoms with E-state index in [0.29, 0.717) is 13.0 Å². The van der Waals surface area contributed by atoms with Crippen molar-refractivity contribution in [2.45, 2.75) is 30.8 Å². The van der Waals surface area contributed by atoms with Crippen LogP contribution in [0.1, 0.15) is 24.8 Å². The Morgan fingerprint density at radius 1 is 1.47 bits per heavy atom. The first-order valence-corrected chi connectivity index (χ1v) is 5.93. The van der Waals surface area contributed by atoms with Crippen LogP contribution in [0.4, 0.5) is 5.69 Å². The third kappa shape index (κ3) is 1.52. The maximum absolute atomic E-state index is 11.1. The molecular weight excluding hydrogens is 216 g/mol. The summed E-state index contributed by atoms with van der Waals surface area (Å²) in [5, 5.41) is 15.7. The molecule has 2 heterocycles. The minimum atomic E-state index is -0.753. The fourth-order valence-corrected chi connectivity index (χ4v) is 3.05. The number of carboxylic acid groups (broad SMARTS) is 1. The highest BCUT2D eigenvalue weighted by Gasteiger charge is 2.47. The largest absolute Gasteiger partial charge is 0.480 e. The van der Waals surface area contributed by atoms with E-state index < -0.39 is 12.0 Å². The van der Waals surface area contributed by atoms with Crippen LogP contribution in [-0.4, -0.2) is 29.2 Å². The number of para-hydroxylation sites is 1. The Morgan fingerprint density at radius 2 is 2.24 bits per heavy atom. The molecule has 4 heteroatoms. The maximum atomic E-state index is 11.1. The van der Waals surface area contributed by atoms with Gasteiger partial charge in [0.1, 0.15) is 6.04 Å². The standard InChI is InChI=1S/C13H16N2O2/c1-13-7-14-11(12(16)17)6-9(13)8-4-2-3-5-10(8)15-13/h2-5,9,11,14-15H,6-7H2,1H3,(H,16,17). The number of hydrogen-bond acceptors (Lipinski definition) is 3. The fourth-order valence-electron chi connectivity index (χ4n) is 3.05. The molecule has 1 aromatic carbocycles. The highest BCUT2D eigenvalue weighted by atomic mass is 16.4. The highest BCUT2D eigenvalue weighted by molar-refractivity contribution is 5.75. The number of anilines is 1. The molecule has 0 aromatic heterocycles. The van der Waals surface area contributed by atoms with Crippen molar-refractivity contribution >= 4 is 11.7 Å². The molecule has 3 atom stereocenters. The number of fused-ring (bicyclic) bond motifs is 3. The minimum absolute atomic E-state index is 0.0599. The van der Waals surface area contributed by atoms with Crippen LogP contribution >= 0.6 is 0 Å². The quantitative estimate of drug-likeness (QED) is 0.685. The predicted octanol–water partition coefficient (Wildman–Crippen LogP) is 1.40. The van der Waals surface area contributed by atoms with Crippen LogP contribution in [-0.2, 0) is 4.79 Å². The van der Waals surface area contributed by atoms with E-state index in [0.717, 1.165) is 5.69 Å². The smallest absolute Gasteiger partial charge is 0.320 e. The number of benzene rings is 1. The lowest BCUT2D eigenvalue weighted by Gasteiger charge is -2.39. The van der Waals surface area contributed by atoms with Crippen molar-refractivity contribution in [3.8, 4) is 0 Å². The van der Waals surface area contributed by atoms with Gasteiger partial charge in [0.2, 0.25) is 0 Å². The van der Waals surface area contributed by atoms with E-state index in [1.807, 2.05) is 12.1 Å². The molecule has 3 rings (SSSR count). The second-order valence-electron chi connectivity index (χ2n) is 5.19. The van der Waals surface area contributed by atoms with Gasteiger partial charge in [-0.1, -0.05) is 18.2 Å². The molecule has 1 aromatic rings. The lowest BCUT2D eigenvalue weighted by Crippen LogP contribution is -2.56. The SMILES string of the molecule is CC12CNC(C(=O)O)CC1c1ccccc1N2. The number of rotatable bonds is 1. The lowest BCUT2D eigenvalue weighted by atomic mass is 9.77. The van der Waals surface area contributed by atoms with Gasteiger partial charge in [0, 0.05) is 18.2 Å². The van der Waals surface area contributed by atoms with E-state index in [4.69, 9.17) is 5.11 Å². The zero-order valence-electron chi connectivity index (χ0n) is 9.73. The zero-order chi connectivity index (χ0) is 12.0. The summed E-state index contributed by atoms with van der Waals surface area (Å²) < 4.78 is 0. The third-order valence-corrected chi connectivity index (χ3v) is 4.01. The van der Waals surface area contributed by atoms with E-state index in [-0.39, 0.29) is 11.5 Å². The van der Waals surface area contributed by atoms with Gasteiger partial charge < -0.3 is 15.7 Å². The molecule has 3 unspecified atom stereocenters. The average Bonchev–Trinajstić information content (AvgIpc) is 2.60. The third-order valence-electron chi connectivity index (χ3n) is 4.01. The molecule has 0 spiro atoms. The van der Waals surface area contributed by atoms with Crippen molar-refractivity contribution in [2.24, 2.45) is 0 Å². The van der Waals surface area contributed by atoms with Crippen LogP contribution in [0.25, 0.3) is 0 Å². The first kappa shape index (κ1) is 10.6. The molecule has 1 fully saturated rings. The predicted molar refractivity (Wildman–Crippen MR) is 65.3 cm³/mol. The van der Waals surface area contributed by atoms with Crippen LogP contribution in [0.3, 0.4) is 0 Å². The Balaban J connectivity index is 1.96. The van der Waals surface area contributed by atoms with Crippen molar-refractivity contribution in [2.75, 3.05) is 11.9 Å². The van der Waals surface area contributed by atoms with E-state index in [2.05, 4.69) is 29.7 Å². The Bertz CT molecular complexity index is 474. The van der Waals surface area contributed by atoms with Crippen molar-refractivity contribution in [3.63, 3.8) is 0 Å². The van der Waals surface area contributed by atoms with Crippen LogP contribution < -0.4 is 10.6 Å². The number of carbonyl (C=O) groups is 1. The second kappa shape index (κ2) is 3.47. The van der Waals surface area contributed by atoms with Gasteiger partial charge in [-0.05, 0) is 25.0 Å². The van der Waals surface area contributed by atoms with E-state index >= 15 is 0 Å². The Kier molecular flexibility index (Phi) is 2.16. The van der Waals surface area contributed by atoms with Gasteiger partial charge in [-0.3, -0.25) is 4.79 Å². The van der Waals surface area contributed by atoms with Gasteiger partial charge in [-0.25, -0.2) is 0 Å². The molecule has 90 valence electrons. The van der Waals surface area contributed by atoms with Crippen LogP contribution in [0.5, 0.6) is 0 Å². The van der Waals surface area contributed by atoms with E-state index in [1.54, 1.807) is 0 Å². The van der Waals surface area contributed by atoms with Crippen molar-refractivity contribution in [1.82, 2.24) is 5.32 Å². The Labute approximate surface area is 100 Å². The van der Waals surface area contributed by atoms with Gasteiger partial charge in [-0.15, -0.1) is 0 Å². The van der Waals surface area contributed by atoms with Crippen molar-refractivity contribution in [1.29, 1.82) is 0 Å². The summed E-state index contributed by atoms with van der Waals surface area (Å²) in [4.78, 5) is 11.1. The van der Waals surface area contributed by atoms with Gasteiger partial charge in [-0.2, -0.15) is 0 Å². The molecule has 0 saturated carbocycles. The number of carboxylic acids is 1. The molecule has 4 nitrogen and oxygen atoms in total. The van der Waals surface area contributed by atoms with E-state index in [1.165, 1.54) is 5.56 Å². The fraction of sp³-hybridized carbons (Fsp3) is 0.462. The summed E-state index contributed by atoms with van der Waals surface area (Å²) in [6.45, 7) is 2.84. The lowest BCUT2D eigenvalue weighted by molar-refractivity contribution is -0.140. The molecule has 0 radical (unpaired) electrons. The van der Waals surface area contributed by atoms with Gasteiger partial charge >= 0.3 is 5.97 Å². The topological polar surface area (TPSA) is 61.4 Å². The van der Waals surface area contributed by atoms with E-state index in [9.17, 15) is 4.79 Å². The summed E-state index contributed by atoms with van der Waals surface area (Å²) in [7, 11) is 0. The molecule has 2 aliphatic rings. The first-order chi connectivity index (χ1) is 8.10. The van der Waals surface area contributed by atoms with Gasteiger partial charge in [0.05, 0.1) is 5.54 Å². The zero-order valence-corrected chi connectivity index (χ0v) is 9.73. The number of piperidine rings is 1. The first-order valence-electron chi connectivity index (χ1n) is 5.93. The number of hydrogen-bond donors (Lipinski definition) is 3.